The van der Waals surface area contributed by atoms with Crippen molar-refractivity contribution in [1.82, 2.24) is 0 Å². The summed E-state index contributed by atoms with van der Waals surface area (Å²) in [4.78, 5) is 4.68. The summed E-state index contributed by atoms with van der Waals surface area (Å²) >= 11 is 0. The SMILES string of the molecule is CC1(C)OB(c2ccc(N3CCN(c4ccc(F)cc4)CC3)cc2)OC1(C)C. The second-order valence-corrected chi connectivity index (χ2v) is 8.63. The molecule has 0 aromatic heterocycles. The Morgan fingerprint density at radius 1 is 0.714 bits per heavy atom. The van der Waals surface area contributed by atoms with Gasteiger partial charge in [-0.1, -0.05) is 12.1 Å². The van der Waals surface area contributed by atoms with E-state index in [1.54, 1.807) is 0 Å². The minimum Gasteiger partial charge on any atom is -0.399 e. The zero-order chi connectivity index (χ0) is 19.9. The molecule has 0 amide bonds. The lowest BCUT2D eigenvalue weighted by Gasteiger charge is -2.37. The van der Waals surface area contributed by atoms with Crippen molar-refractivity contribution in [2.75, 3.05) is 36.0 Å². The summed E-state index contributed by atoms with van der Waals surface area (Å²) in [6, 6.07) is 15.2. The Kier molecular flexibility index (Phi) is 4.88. The van der Waals surface area contributed by atoms with Gasteiger partial charge in [-0.05, 0) is 69.6 Å². The van der Waals surface area contributed by atoms with Crippen LogP contribution in [-0.2, 0) is 9.31 Å². The van der Waals surface area contributed by atoms with Gasteiger partial charge < -0.3 is 19.1 Å². The maximum atomic E-state index is 13.1. The molecule has 0 N–H and O–H groups in total. The van der Waals surface area contributed by atoms with Crippen LogP contribution >= 0.6 is 0 Å². The molecule has 2 aromatic rings. The fourth-order valence-electron chi connectivity index (χ4n) is 3.70. The van der Waals surface area contributed by atoms with Crippen LogP contribution in [0.4, 0.5) is 15.8 Å². The van der Waals surface area contributed by atoms with Crippen LogP contribution in [0.25, 0.3) is 0 Å². The van der Waals surface area contributed by atoms with Crippen molar-refractivity contribution in [3.63, 3.8) is 0 Å². The summed E-state index contributed by atoms with van der Waals surface area (Å²) in [7, 11) is -0.325. The van der Waals surface area contributed by atoms with Crippen molar-refractivity contribution in [3.05, 3.63) is 54.3 Å². The van der Waals surface area contributed by atoms with E-state index >= 15 is 0 Å². The smallest absolute Gasteiger partial charge is 0.399 e. The molecular formula is C22H28BFN2O2. The third-order valence-corrected chi connectivity index (χ3v) is 6.26. The quantitative estimate of drug-likeness (QED) is 0.760. The van der Waals surface area contributed by atoms with Crippen LogP contribution in [0.5, 0.6) is 0 Å². The largest absolute Gasteiger partial charge is 0.494 e. The first-order chi connectivity index (χ1) is 13.2. The van der Waals surface area contributed by atoms with E-state index in [0.29, 0.717) is 0 Å². The van der Waals surface area contributed by atoms with E-state index in [4.69, 9.17) is 9.31 Å². The van der Waals surface area contributed by atoms with Gasteiger partial charge in [0.05, 0.1) is 11.2 Å². The normalized spacial score (nSPS) is 21.2. The Labute approximate surface area is 167 Å². The van der Waals surface area contributed by atoms with Crippen LogP contribution in [-0.4, -0.2) is 44.5 Å². The highest BCUT2D eigenvalue weighted by molar-refractivity contribution is 6.62. The molecule has 0 unspecified atom stereocenters. The predicted molar refractivity (Wildman–Crippen MR) is 113 cm³/mol. The van der Waals surface area contributed by atoms with Crippen LogP contribution in [0.2, 0.25) is 0 Å². The molecule has 0 radical (unpaired) electrons. The van der Waals surface area contributed by atoms with Crippen LogP contribution in [0.3, 0.4) is 0 Å². The summed E-state index contributed by atoms with van der Waals surface area (Å²) < 4.78 is 25.4. The molecule has 0 bridgehead atoms. The molecule has 0 saturated carbocycles. The molecular weight excluding hydrogens is 354 g/mol. The Morgan fingerprint density at radius 2 is 1.11 bits per heavy atom. The number of piperazine rings is 1. The molecule has 0 atom stereocenters. The van der Waals surface area contributed by atoms with E-state index in [2.05, 4.69) is 61.8 Å². The Bertz CT molecular complexity index is 799. The van der Waals surface area contributed by atoms with Crippen LogP contribution in [0.1, 0.15) is 27.7 Å². The molecule has 4 nitrogen and oxygen atoms in total. The van der Waals surface area contributed by atoms with Crippen LogP contribution in [0, 0.1) is 5.82 Å². The number of benzene rings is 2. The predicted octanol–water partition coefficient (Wildman–Crippen LogP) is 3.45. The van der Waals surface area contributed by atoms with E-state index in [1.165, 1.54) is 17.8 Å². The fraction of sp³-hybridized carbons (Fsp3) is 0.455. The molecule has 2 aliphatic rings. The molecule has 2 fully saturated rings. The highest BCUT2D eigenvalue weighted by Gasteiger charge is 2.51. The second kappa shape index (κ2) is 7.09. The van der Waals surface area contributed by atoms with Crippen LogP contribution in [0.15, 0.2) is 48.5 Å². The molecule has 2 saturated heterocycles. The van der Waals surface area contributed by atoms with Gasteiger partial charge in [0.1, 0.15) is 5.82 Å². The van der Waals surface area contributed by atoms with E-state index in [0.717, 1.165) is 37.3 Å². The molecule has 2 aromatic carbocycles. The Balaban J connectivity index is 1.38. The van der Waals surface area contributed by atoms with Gasteiger partial charge in [-0.15, -0.1) is 0 Å². The summed E-state index contributed by atoms with van der Waals surface area (Å²) in [6.45, 7) is 12.0. The summed E-state index contributed by atoms with van der Waals surface area (Å²) in [5.41, 5.74) is 2.68. The Hall–Kier alpha value is -2.05. The van der Waals surface area contributed by atoms with Gasteiger partial charge in [-0.3, -0.25) is 0 Å². The first-order valence-corrected chi connectivity index (χ1v) is 9.96. The highest BCUT2D eigenvalue weighted by Crippen LogP contribution is 2.36. The van der Waals surface area contributed by atoms with Crippen molar-refractivity contribution in [2.24, 2.45) is 0 Å². The number of halogens is 1. The number of hydrogen-bond donors (Lipinski definition) is 0. The maximum Gasteiger partial charge on any atom is 0.494 e. The lowest BCUT2D eigenvalue weighted by atomic mass is 9.79. The minimum absolute atomic E-state index is 0.190. The van der Waals surface area contributed by atoms with Gasteiger partial charge in [-0.2, -0.15) is 0 Å². The molecule has 2 heterocycles. The summed E-state index contributed by atoms with van der Waals surface area (Å²) in [5, 5.41) is 0. The van der Waals surface area contributed by atoms with E-state index < -0.39 is 0 Å². The first-order valence-electron chi connectivity index (χ1n) is 9.96. The zero-order valence-electron chi connectivity index (χ0n) is 17.1. The second-order valence-electron chi connectivity index (χ2n) is 8.63. The fourth-order valence-corrected chi connectivity index (χ4v) is 3.70. The minimum atomic E-state index is -0.326. The molecule has 148 valence electrons. The first kappa shape index (κ1) is 19.3. The maximum absolute atomic E-state index is 13.1. The van der Waals surface area contributed by atoms with Gasteiger partial charge in [0.15, 0.2) is 0 Å². The standard InChI is InChI=1S/C22H28BFN2O2/c1-21(2)22(3,4)28-23(27-21)17-5-9-19(10-6-17)25-13-15-26(16-14-25)20-11-7-18(24)8-12-20/h5-12H,13-16H2,1-4H3. The molecule has 6 heteroatoms. The van der Waals surface area contributed by atoms with Crippen molar-refractivity contribution < 1.29 is 13.7 Å². The van der Waals surface area contributed by atoms with Gasteiger partial charge in [0.2, 0.25) is 0 Å². The summed E-state index contributed by atoms with van der Waals surface area (Å²) in [6.07, 6.45) is 0. The highest BCUT2D eigenvalue weighted by atomic mass is 19.1. The van der Waals surface area contributed by atoms with Gasteiger partial charge >= 0.3 is 7.12 Å². The average Bonchev–Trinajstić information content (AvgIpc) is 2.90. The van der Waals surface area contributed by atoms with Crippen LogP contribution < -0.4 is 15.3 Å². The third-order valence-electron chi connectivity index (χ3n) is 6.26. The van der Waals surface area contributed by atoms with E-state index in [9.17, 15) is 4.39 Å². The molecule has 0 aliphatic carbocycles. The number of hydrogen-bond acceptors (Lipinski definition) is 4. The average molecular weight is 382 g/mol. The van der Waals surface area contributed by atoms with Gasteiger partial charge in [0.25, 0.3) is 0 Å². The lowest BCUT2D eigenvalue weighted by Crippen LogP contribution is -2.46. The third kappa shape index (κ3) is 3.63. The topological polar surface area (TPSA) is 24.9 Å². The van der Waals surface area contributed by atoms with E-state index in [1.807, 2.05) is 12.1 Å². The summed E-state index contributed by atoms with van der Waals surface area (Å²) in [5.74, 6) is -0.190. The molecule has 4 rings (SSSR count). The van der Waals surface area contributed by atoms with E-state index in [-0.39, 0.29) is 24.1 Å². The van der Waals surface area contributed by atoms with Crippen molar-refractivity contribution in [1.29, 1.82) is 0 Å². The molecule has 2 aliphatic heterocycles. The number of rotatable bonds is 3. The Morgan fingerprint density at radius 3 is 1.54 bits per heavy atom. The monoisotopic (exact) mass is 382 g/mol. The number of anilines is 2. The van der Waals surface area contributed by atoms with Crippen molar-refractivity contribution in [3.8, 4) is 0 Å². The lowest BCUT2D eigenvalue weighted by molar-refractivity contribution is 0.00578. The number of nitrogens with zero attached hydrogens (tertiary/aromatic N) is 2. The van der Waals surface area contributed by atoms with Crippen molar-refractivity contribution >= 4 is 24.0 Å². The van der Waals surface area contributed by atoms with Gasteiger partial charge in [0, 0.05) is 37.6 Å². The van der Waals surface area contributed by atoms with Crippen molar-refractivity contribution in [2.45, 2.75) is 38.9 Å². The zero-order valence-corrected chi connectivity index (χ0v) is 17.1. The molecule has 28 heavy (non-hydrogen) atoms. The van der Waals surface area contributed by atoms with Gasteiger partial charge in [-0.25, -0.2) is 4.39 Å². The molecule has 0 spiro atoms.